The zero-order valence-corrected chi connectivity index (χ0v) is 15.6. The summed E-state index contributed by atoms with van der Waals surface area (Å²) in [6.45, 7) is 0. The molecule has 4 N–H and O–H groups in total. The predicted molar refractivity (Wildman–Crippen MR) is 95.0 cm³/mol. The van der Waals surface area contributed by atoms with E-state index < -0.39 is 57.3 Å². The number of aromatic amines is 2. The lowest BCUT2D eigenvalue weighted by Gasteiger charge is -2.13. The van der Waals surface area contributed by atoms with E-state index in [1.54, 1.807) is 4.72 Å². The lowest BCUT2D eigenvalue weighted by Crippen LogP contribution is -2.23. The molecule has 0 aliphatic rings. The number of imidazole rings is 1. The second kappa shape index (κ2) is 7.85. The number of halogens is 5. The van der Waals surface area contributed by atoms with Crippen molar-refractivity contribution >= 4 is 38.5 Å². The quantitative estimate of drug-likeness (QED) is 0.501. The van der Waals surface area contributed by atoms with Crippen LogP contribution in [0.3, 0.4) is 0 Å². The van der Waals surface area contributed by atoms with E-state index in [4.69, 9.17) is 0 Å². The van der Waals surface area contributed by atoms with Gasteiger partial charge in [0.25, 0.3) is 11.6 Å². The number of hydrogen-bond acceptors (Lipinski definition) is 4. The molecule has 0 aliphatic carbocycles. The highest BCUT2D eigenvalue weighted by molar-refractivity contribution is 7.92. The van der Waals surface area contributed by atoms with Crippen LogP contribution in [0, 0.1) is 11.6 Å². The first kappa shape index (κ1) is 21.4. The van der Waals surface area contributed by atoms with Crippen LogP contribution in [0.4, 0.5) is 33.3 Å². The minimum absolute atomic E-state index is 0.0617. The van der Waals surface area contributed by atoms with Crippen LogP contribution < -0.4 is 15.0 Å². The molecule has 0 fully saturated rings. The smallest absolute Gasteiger partial charge is 0.317 e. The van der Waals surface area contributed by atoms with E-state index in [0.717, 1.165) is 6.20 Å². The van der Waals surface area contributed by atoms with Gasteiger partial charge in [0.05, 0.1) is 23.4 Å². The van der Waals surface area contributed by atoms with E-state index in [1.165, 1.54) is 12.4 Å². The third-order valence-electron chi connectivity index (χ3n) is 3.84. The third-order valence-corrected chi connectivity index (χ3v) is 5.11. The van der Waals surface area contributed by atoms with Gasteiger partial charge in [-0.15, -0.1) is 4.98 Å². The molecule has 0 radical (unpaired) electrons. The van der Waals surface area contributed by atoms with Crippen molar-refractivity contribution in [3.8, 4) is 0 Å². The van der Waals surface area contributed by atoms with E-state index in [9.17, 15) is 35.2 Å². The lowest BCUT2D eigenvalue weighted by atomic mass is 10.2. The number of nitrogens with one attached hydrogen (secondary N) is 4. The fraction of sp³-hybridized carbons (Fsp3) is 0.188. The Morgan fingerprint density at radius 3 is 2.67 bits per heavy atom. The molecule has 0 aliphatic heterocycles. The number of carbonyl (C=O) groups is 1. The fourth-order valence-corrected chi connectivity index (χ4v) is 3.49. The van der Waals surface area contributed by atoms with Crippen molar-refractivity contribution in [2.75, 3.05) is 15.8 Å². The van der Waals surface area contributed by atoms with Crippen molar-refractivity contribution in [2.24, 2.45) is 0 Å². The Kier molecular flexibility index (Phi) is 5.61. The number of benzene rings is 1. The molecule has 160 valence electrons. The molecule has 2 aromatic heterocycles. The number of rotatable bonds is 6. The van der Waals surface area contributed by atoms with Gasteiger partial charge in [0.2, 0.25) is 10.0 Å². The number of anilines is 2. The van der Waals surface area contributed by atoms with Crippen LogP contribution in [0.2, 0.25) is 0 Å². The van der Waals surface area contributed by atoms with Crippen LogP contribution in [-0.4, -0.2) is 36.2 Å². The molecule has 3 rings (SSSR count). The lowest BCUT2D eigenvalue weighted by molar-refractivity contribution is -0.347. The van der Waals surface area contributed by atoms with Gasteiger partial charge in [-0.3, -0.25) is 14.5 Å². The molecular formula is C16H13F5N5O3S+. The summed E-state index contributed by atoms with van der Waals surface area (Å²) in [7, 11) is -4.58. The van der Waals surface area contributed by atoms with Crippen LogP contribution in [0.25, 0.3) is 11.2 Å². The number of pyridine rings is 1. The summed E-state index contributed by atoms with van der Waals surface area (Å²) in [5, 5.41) is 1.97. The van der Waals surface area contributed by atoms with E-state index in [0.29, 0.717) is 23.3 Å². The van der Waals surface area contributed by atoms with Gasteiger partial charge in [-0.1, -0.05) is 0 Å². The highest BCUT2D eigenvalue weighted by Gasteiger charge is 2.30. The van der Waals surface area contributed by atoms with Crippen molar-refractivity contribution in [2.45, 2.75) is 12.6 Å². The first-order valence-corrected chi connectivity index (χ1v) is 9.82. The molecule has 0 spiro atoms. The number of hydrogen-bond donors (Lipinski definition) is 3. The van der Waals surface area contributed by atoms with E-state index >= 15 is 0 Å². The minimum atomic E-state index is -4.73. The predicted octanol–water partition coefficient (Wildman–Crippen LogP) is 2.60. The average Bonchev–Trinajstić information content (AvgIpc) is 3.13. The standard InChI is InChI=1S/C16H12F5N5O3S/c17-9-1-2-10(26-30(28,29)4-3-16(19,20)21)12(18)13(9)25-15(27)8-5-11-14(22-6-8)24-7-23-11/h1-2,5-7,26H,3-4H2,(H,25,27)(H,22,23,24)/p+1. The van der Waals surface area contributed by atoms with Crippen LogP contribution in [0.1, 0.15) is 16.8 Å². The Balaban J connectivity index is 1.82. The monoisotopic (exact) mass is 450 g/mol. The molecule has 0 atom stereocenters. The SMILES string of the molecule is O=C(Nc1c(F)ccc(NS(=O)(=O)CCC(F)(F)F)c1F)c1cnc2[nH+]c[nH]c2c1. The van der Waals surface area contributed by atoms with Crippen molar-refractivity contribution in [1.82, 2.24) is 9.97 Å². The topological polar surface area (TPSA) is 118 Å². The number of fused-ring (bicyclic) bond motifs is 1. The second-order valence-electron chi connectivity index (χ2n) is 6.08. The number of aromatic nitrogens is 3. The van der Waals surface area contributed by atoms with E-state index in [-0.39, 0.29) is 5.56 Å². The van der Waals surface area contributed by atoms with Crippen LogP contribution in [0.5, 0.6) is 0 Å². The van der Waals surface area contributed by atoms with Gasteiger partial charge in [0.1, 0.15) is 17.7 Å². The molecule has 1 amide bonds. The molecule has 1 aromatic carbocycles. The molecule has 3 aromatic rings. The van der Waals surface area contributed by atoms with Gasteiger partial charge < -0.3 is 5.32 Å². The van der Waals surface area contributed by atoms with Crippen molar-refractivity contribution in [3.63, 3.8) is 0 Å². The molecule has 0 bridgehead atoms. The summed E-state index contributed by atoms with van der Waals surface area (Å²) >= 11 is 0. The molecule has 30 heavy (non-hydrogen) atoms. The van der Waals surface area contributed by atoms with Gasteiger partial charge in [0, 0.05) is 0 Å². The summed E-state index contributed by atoms with van der Waals surface area (Å²) in [6, 6.07) is 2.70. The largest absolute Gasteiger partial charge is 0.390 e. The Bertz CT molecular complexity index is 1210. The second-order valence-corrected chi connectivity index (χ2v) is 7.92. The molecule has 0 saturated carbocycles. The number of nitrogens with zero attached hydrogens (tertiary/aromatic N) is 1. The zero-order valence-electron chi connectivity index (χ0n) is 14.8. The zero-order chi connectivity index (χ0) is 22.1. The third kappa shape index (κ3) is 5.00. The summed E-state index contributed by atoms with van der Waals surface area (Å²) in [5.41, 5.74) is -0.988. The molecule has 2 heterocycles. The maximum absolute atomic E-state index is 14.6. The summed E-state index contributed by atoms with van der Waals surface area (Å²) in [4.78, 5) is 21.8. The highest BCUT2D eigenvalue weighted by atomic mass is 32.2. The number of sulfonamides is 1. The maximum atomic E-state index is 14.6. The van der Waals surface area contributed by atoms with E-state index in [1.807, 2.05) is 5.32 Å². The number of alkyl halides is 3. The molecule has 0 saturated heterocycles. The summed E-state index contributed by atoms with van der Waals surface area (Å²) in [6.07, 6.45) is -3.80. The average molecular weight is 450 g/mol. The van der Waals surface area contributed by atoms with Crippen LogP contribution >= 0.6 is 0 Å². The van der Waals surface area contributed by atoms with Gasteiger partial charge in [-0.2, -0.15) is 13.2 Å². The van der Waals surface area contributed by atoms with Gasteiger partial charge in [-0.25, -0.2) is 22.2 Å². The summed E-state index contributed by atoms with van der Waals surface area (Å²) < 4.78 is 90.5. The van der Waals surface area contributed by atoms with E-state index in [2.05, 4.69) is 15.0 Å². The van der Waals surface area contributed by atoms with Crippen molar-refractivity contribution in [3.05, 3.63) is 47.9 Å². The molecular weight excluding hydrogens is 437 g/mol. The van der Waals surface area contributed by atoms with Crippen molar-refractivity contribution < 1.29 is 40.1 Å². The Hall–Kier alpha value is -3.29. The normalized spacial score (nSPS) is 12.2. The van der Waals surface area contributed by atoms with Gasteiger partial charge in [-0.05, 0) is 18.2 Å². The molecule has 14 heteroatoms. The molecule has 0 unspecified atom stereocenters. The molecule has 8 nitrogen and oxygen atoms in total. The summed E-state index contributed by atoms with van der Waals surface area (Å²) in [5.74, 6) is -5.02. The number of H-pyrrole nitrogens is 2. The maximum Gasteiger partial charge on any atom is 0.390 e. The minimum Gasteiger partial charge on any atom is -0.317 e. The highest BCUT2D eigenvalue weighted by Crippen LogP contribution is 2.28. The Labute approximate surface area is 165 Å². The number of amides is 1. The van der Waals surface area contributed by atoms with Gasteiger partial charge >= 0.3 is 6.18 Å². The van der Waals surface area contributed by atoms with Crippen LogP contribution in [0.15, 0.2) is 30.7 Å². The van der Waals surface area contributed by atoms with Gasteiger partial charge in [0.15, 0.2) is 17.7 Å². The number of carbonyl (C=O) groups excluding carboxylic acids is 1. The van der Waals surface area contributed by atoms with Crippen LogP contribution in [-0.2, 0) is 10.0 Å². The Morgan fingerprint density at radius 1 is 1.23 bits per heavy atom. The fourth-order valence-electron chi connectivity index (χ4n) is 2.40. The first-order chi connectivity index (χ1) is 14.0. The van der Waals surface area contributed by atoms with Crippen molar-refractivity contribution in [1.29, 1.82) is 0 Å². The first-order valence-electron chi connectivity index (χ1n) is 8.16. The Morgan fingerprint density at radius 2 is 1.97 bits per heavy atom.